The molecule has 0 amide bonds. The molecule has 2 aromatic rings. The quantitative estimate of drug-likeness (QED) is 0.850. The summed E-state index contributed by atoms with van der Waals surface area (Å²) in [6.07, 6.45) is 0. The van der Waals surface area contributed by atoms with Crippen molar-refractivity contribution < 1.29 is 9.47 Å². The topological polar surface area (TPSA) is 52.1 Å². The number of aromatic nitrogens is 3. The standard InChI is InChI=1S/C11H13N3O2S/c1-7-12-13-11(17)14(7)9-5-4-8(15-2)6-10(9)16-3/h4-6H,1-3H3,(H,13,17). The minimum Gasteiger partial charge on any atom is -0.497 e. The van der Waals surface area contributed by atoms with Crippen LogP contribution in [0.2, 0.25) is 0 Å². The number of aromatic amines is 1. The van der Waals surface area contributed by atoms with Gasteiger partial charge in [-0.2, -0.15) is 5.10 Å². The lowest BCUT2D eigenvalue weighted by atomic mass is 10.2. The molecular weight excluding hydrogens is 238 g/mol. The van der Waals surface area contributed by atoms with Crippen LogP contribution in [0.15, 0.2) is 18.2 Å². The monoisotopic (exact) mass is 251 g/mol. The van der Waals surface area contributed by atoms with E-state index in [9.17, 15) is 0 Å². The van der Waals surface area contributed by atoms with E-state index in [0.29, 0.717) is 10.5 Å². The van der Waals surface area contributed by atoms with Crippen LogP contribution in [-0.4, -0.2) is 29.0 Å². The second kappa shape index (κ2) is 4.58. The molecule has 0 aliphatic rings. The van der Waals surface area contributed by atoms with Crippen LogP contribution in [-0.2, 0) is 0 Å². The fourth-order valence-electron chi connectivity index (χ4n) is 1.63. The van der Waals surface area contributed by atoms with Crippen LogP contribution in [0.25, 0.3) is 5.69 Å². The highest BCUT2D eigenvalue weighted by atomic mass is 32.1. The Kier molecular flexibility index (Phi) is 3.14. The molecule has 1 heterocycles. The van der Waals surface area contributed by atoms with Gasteiger partial charge < -0.3 is 9.47 Å². The molecule has 1 aromatic heterocycles. The third kappa shape index (κ3) is 2.03. The van der Waals surface area contributed by atoms with Gasteiger partial charge in [-0.25, -0.2) is 0 Å². The average molecular weight is 251 g/mol. The molecule has 17 heavy (non-hydrogen) atoms. The lowest BCUT2D eigenvalue weighted by molar-refractivity contribution is 0.393. The van der Waals surface area contributed by atoms with E-state index in [1.165, 1.54) is 0 Å². The lowest BCUT2D eigenvalue weighted by Crippen LogP contribution is -2.00. The Bertz CT molecular complexity index is 589. The molecule has 0 unspecified atom stereocenters. The van der Waals surface area contributed by atoms with Crippen LogP contribution >= 0.6 is 12.2 Å². The van der Waals surface area contributed by atoms with E-state index in [-0.39, 0.29) is 0 Å². The fourth-order valence-corrected chi connectivity index (χ4v) is 1.91. The molecular formula is C11H13N3O2S. The number of H-pyrrole nitrogens is 1. The van der Waals surface area contributed by atoms with Crippen molar-refractivity contribution in [1.82, 2.24) is 14.8 Å². The normalized spacial score (nSPS) is 10.3. The Morgan fingerprint density at radius 2 is 2.06 bits per heavy atom. The summed E-state index contributed by atoms with van der Waals surface area (Å²) in [4.78, 5) is 0. The molecule has 90 valence electrons. The van der Waals surface area contributed by atoms with Crippen molar-refractivity contribution in [2.45, 2.75) is 6.92 Å². The van der Waals surface area contributed by atoms with E-state index >= 15 is 0 Å². The van der Waals surface area contributed by atoms with Gasteiger partial charge in [0.2, 0.25) is 0 Å². The summed E-state index contributed by atoms with van der Waals surface area (Å²) in [6, 6.07) is 5.55. The largest absolute Gasteiger partial charge is 0.497 e. The molecule has 0 aliphatic heterocycles. The maximum Gasteiger partial charge on any atom is 0.199 e. The van der Waals surface area contributed by atoms with Gasteiger partial charge in [0.25, 0.3) is 0 Å². The Balaban J connectivity index is 2.63. The summed E-state index contributed by atoms with van der Waals surface area (Å²) in [5.41, 5.74) is 0.838. The highest BCUT2D eigenvalue weighted by molar-refractivity contribution is 7.71. The number of methoxy groups -OCH3 is 2. The van der Waals surface area contributed by atoms with Crippen LogP contribution in [0.4, 0.5) is 0 Å². The maximum atomic E-state index is 5.33. The van der Waals surface area contributed by atoms with Gasteiger partial charge in [0.15, 0.2) is 4.77 Å². The predicted molar refractivity (Wildman–Crippen MR) is 66.6 cm³/mol. The highest BCUT2D eigenvalue weighted by Crippen LogP contribution is 2.28. The first-order chi connectivity index (χ1) is 8.17. The molecule has 0 spiro atoms. The predicted octanol–water partition coefficient (Wildman–Crippen LogP) is 2.26. The van der Waals surface area contributed by atoms with Crippen molar-refractivity contribution in [2.24, 2.45) is 0 Å². The molecule has 0 saturated heterocycles. The van der Waals surface area contributed by atoms with Gasteiger partial charge in [0.05, 0.1) is 19.9 Å². The number of nitrogens with zero attached hydrogens (tertiary/aromatic N) is 2. The number of hydrogen-bond donors (Lipinski definition) is 1. The summed E-state index contributed by atoms with van der Waals surface area (Å²) >= 11 is 5.18. The zero-order valence-electron chi connectivity index (χ0n) is 9.85. The minimum absolute atomic E-state index is 0.533. The van der Waals surface area contributed by atoms with E-state index < -0.39 is 0 Å². The van der Waals surface area contributed by atoms with Crippen LogP contribution in [0.1, 0.15) is 5.82 Å². The summed E-state index contributed by atoms with van der Waals surface area (Å²) in [7, 11) is 3.22. The second-order valence-electron chi connectivity index (χ2n) is 3.45. The van der Waals surface area contributed by atoms with Crippen molar-refractivity contribution >= 4 is 12.2 Å². The minimum atomic E-state index is 0.533. The molecule has 5 nitrogen and oxygen atoms in total. The first kappa shape index (κ1) is 11.7. The van der Waals surface area contributed by atoms with Crippen molar-refractivity contribution in [3.05, 3.63) is 28.8 Å². The molecule has 0 aliphatic carbocycles. The van der Waals surface area contributed by atoms with E-state index in [4.69, 9.17) is 21.7 Å². The molecule has 0 saturated carbocycles. The zero-order valence-corrected chi connectivity index (χ0v) is 10.7. The smallest absolute Gasteiger partial charge is 0.199 e. The van der Waals surface area contributed by atoms with E-state index in [2.05, 4.69) is 10.2 Å². The van der Waals surface area contributed by atoms with E-state index in [0.717, 1.165) is 17.3 Å². The van der Waals surface area contributed by atoms with Crippen LogP contribution < -0.4 is 9.47 Å². The molecule has 1 N–H and O–H groups in total. The first-order valence-electron chi connectivity index (χ1n) is 5.03. The summed E-state index contributed by atoms with van der Waals surface area (Å²) in [5, 5.41) is 6.81. The van der Waals surface area contributed by atoms with Crippen LogP contribution in [0.5, 0.6) is 11.5 Å². The second-order valence-corrected chi connectivity index (χ2v) is 3.84. The van der Waals surface area contributed by atoms with Gasteiger partial charge >= 0.3 is 0 Å². The Morgan fingerprint density at radius 3 is 2.59 bits per heavy atom. The SMILES string of the molecule is COc1ccc(-n2c(C)n[nH]c2=S)c(OC)c1. The van der Waals surface area contributed by atoms with E-state index in [1.54, 1.807) is 14.2 Å². The average Bonchev–Trinajstić information content (AvgIpc) is 2.68. The molecule has 1 aromatic carbocycles. The fraction of sp³-hybridized carbons (Fsp3) is 0.273. The number of ether oxygens (including phenoxy) is 2. The van der Waals surface area contributed by atoms with Gasteiger partial charge in [0.1, 0.15) is 17.3 Å². The van der Waals surface area contributed by atoms with Crippen LogP contribution in [0.3, 0.4) is 0 Å². The molecule has 2 rings (SSSR count). The molecule has 6 heteroatoms. The molecule has 0 atom stereocenters. The van der Waals surface area contributed by atoms with Crippen molar-refractivity contribution in [2.75, 3.05) is 14.2 Å². The van der Waals surface area contributed by atoms with Gasteiger partial charge in [0, 0.05) is 6.07 Å². The van der Waals surface area contributed by atoms with Crippen LogP contribution in [0, 0.1) is 11.7 Å². The number of hydrogen-bond acceptors (Lipinski definition) is 4. The Labute approximate surface area is 104 Å². The molecule has 0 bridgehead atoms. The van der Waals surface area contributed by atoms with Gasteiger partial charge in [-0.15, -0.1) is 0 Å². The number of rotatable bonds is 3. The number of benzene rings is 1. The third-order valence-corrected chi connectivity index (χ3v) is 2.74. The number of nitrogens with one attached hydrogen (secondary N) is 1. The Hall–Kier alpha value is -1.82. The lowest BCUT2D eigenvalue weighted by Gasteiger charge is -2.11. The third-order valence-electron chi connectivity index (χ3n) is 2.47. The molecule has 0 fully saturated rings. The summed E-state index contributed by atoms with van der Waals surface area (Å²) in [6.45, 7) is 1.87. The molecule has 0 radical (unpaired) electrons. The van der Waals surface area contributed by atoms with Crippen molar-refractivity contribution in [1.29, 1.82) is 0 Å². The maximum absolute atomic E-state index is 5.33. The Morgan fingerprint density at radius 1 is 1.29 bits per heavy atom. The van der Waals surface area contributed by atoms with Crippen molar-refractivity contribution in [3.63, 3.8) is 0 Å². The van der Waals surface area contributed by atoms with Gasteiger partial charge in [-0.05, 0) is 31.3 Å². The summed E-state index contributed by atoms with van der Waals surface area (Å²) < 4.78 is 12.8. The van der Waals surface area contributed by atoms with Gasteiger partial charge in [-0.3, -0.25) is 9.67 Å². The summed E-state index contributed by atoms with van der Waals surface area (Å²) in [5.74, 6) is 2.20. The number of aryl methyl sites for hydroxylation is 1. The van der Waals surface area contributed by atoms with Crippen molar-refractivity contribution in [3.8, 4) is 17.2 Å². The highest BCUT2D eigenvalue weighted by Gasteiger charge is 2.10. The zero-order chi connectivity index (χ0) is 12.4. The van der Waals surface area contributed by atoms with Gasteiger partial charge in [-0.1, -0.05) is 0 Å². The first-order valence-corrected chi connectivity index (χ1v) is 5.44. The van der Waals surface area contributed by atoms with E-state index in [1.807, 2.05) is 29.7 Å².